The first-order valence-corrected chi connectivity index (χ1v) is 6.03. The Morgan fingerprint density at radius 2 is 2.44 bits per heavy atom. The lowest BCUT2D eigenvalue weighted by molar-refractivity contribution is 0.0687. The minimum atomic E-state index is -1.02. The first-order chi connectivity index (χ1) is 7.63. The van der Waals surface area contributed by atoms with Gasteiger partial charge in [0.15, 0.2) is 5.69 Å². The predicted octanol–water partition coefficient (Wildman–Crippen LogP) is 2.80. The number of rotatable bonds is 3. The highest BCUT2D eigenvalue weighted by molar-refractivity contribution is 7.99. The number of nitrogens with zero attached hydrogens (tertiary/aromatic N) is 2. The third kappa shape index (κ3) is 1.88. The molecule has 0 bridgehead atoms. The molecule has 2 aromatic heterocycles. The van der Waals surface area contributed by atoms with Crippen molar-refractivity contribution in [2.75, 3.05) is 5.75 Å². The van der Waals surface area contributed by atoms with Gasteiger partial charge in [0.25, 0.3) is 0 Å². The lowest BCUT2D eigenvalue weighted by atomic mass is 10.5. The summed E-state index contributed by atoms with van der Waals surface area (Å²) in [6.45, 7) is 1.96. The number of thioether (sulfide) groups is 1. The number of pyridine rings is 1. The zero-order valence-electron chi connectivity index (χ0n) is 8.48. The Morgan fingerprint density at radius 3 is 3.06 bits per heavy atom. The highest BCUT2D eigenvalue weighted by atomic mass is 35.5. The molecule has 0 atom stereocenters. The van der Waals surface area contributed by atoms with E-state index in [0.717, 1.165) is 5.75 Å². The second kappa shape index (κ2) is 4.35. The number of halogens is 1. The molecule has 2 aromatic rings. The van der Waals surface area contributed by atoms with Crippen LogP contribution in [0.15, 0.2) is 23.4 Å². The number of aromatic carboxylic acids is 1. The van der Waals surface area contributed by atoms with Gasteiger partial charge in [-0.1, -0.05) is 18.5 Å². The van der Waals surface area contributed by atoms with Crippen molar-refractivity contribution in [1.82, 2.24) is 9.38 Å². The van der Waals surface area contributed by atoms with Crippen LogP contribution in [-0.4, -0.2) is 26.2 Å². The van der Waals surface area contributed by atoms with Crippen LogP contribution in [0.5, 0.6) is 0 Å². The van der Waals surface area contributed by atoms with E-state index in [1.54, 1.807) is 22.7 Å². The summed E-state index contributed by atoms with van der Waals surface area (Å²) in [7, 11) is 0. The van der Waals surface area contributed by atoms with E-state index in [4.69, 9.17) is 16.7 Å². The third-order valence-electron chi connectivity index (χ3n) is 2.03. The Hall–Kier alpha value is -1.20. The van der Waals surface area contributed by atoms with Gasteiger partial charge in [-0.05, 0) is 11.8 Å². The average Bonchev–Trinajstić information content (AvgIpc) is 2.57. The van der Waals surface area contributed by atoms with E-state index in [9.17, 15) is 4.79 Å². The Bertz CT molecular complexity index is 553. The molecule has 0 unspecified atom stereocenters. The van der Waals surface area contributed by atoms with E-state index < -0.39 is 5.97 Å². The number of imidazole rings is 1. The molecule has 0 fully saturated rings. The van der Waals surface area contributed by atoms with Crippen LogP contribution in [0.1, 0.15) is 17.4 Å². The summed E-state index contributed by atoms with van der Waals surface area (Å²) in [6.07, 6.45) is 1.73. The van der Waals surface area contributed by atoms with Crippen LogP contribution in [0, 0.1) is 0 Å². The van der Waals surface area contributed by atoms with Crippen LogP contribution >= 0.6 is 23.4 Å². The van der Waals surface area contributed by atoms with Crippen LogP contribution in [0.3, 0.4) is 0 Å². The van der Waals surface area contributed by atoms with Crippen molar-refractivity contribution in [2.24, 2.45) is 0 Å². The summed E-state index contributed by atoms with van der Waals surface area (Å²) < 4.78 is 1.74. The molecule has 0 saturated heterocycles. The van der Waals surface area contributed by atoms with E-state index in [-0.39, 0.29) is 5.69 Å². The van der Waals surface area contributed by atoms with Crippen LogP contribution in [0.4, 0.5) is 0 Å². The topological polar surface area (TPSA) is 54.6 Å². The zero-order valence-corrected chi connectivity index (χ0v) is 10.0. The number of fused-ring (bicyclic) bond motifs is 1. The van der Waals surface area contributed by atoms with Gasteiger partial charge in [0.2, 0.25) is 0 Å². The molecule has 0 aromatic carbocycles. The number of hydrogen-bond donors (Lipinski definition) is 1. The first-order valence-electron chi connectivity index (χ1n) is 4.67. The van der Waals surface area contributed by atoms with Crippen molar-refractivity contribution in [3.8, 4) is 0 Å². The van der Waals surface area contributed by atoms with Crippen molar-refractivity contribution in [3.05, 3.63) is 29.0 Å². The zero-order chi connectivity index (χ0) is 11.7. The van der Waals surface area contributed by atoms with Gasteiger partial charge in [0.05, 0.1) is 0 Å². The molecule has 16 heavy (non-hydrogen) atoms. The maximum absolute atomic E-state index is 11.0. The molecule has 0 saturated carbocycles. The van der Waals surface area contributed by atoms with Gasteiger partial charge >= 0.3 is 5.97 Å². The maximum Gasteiger partial charge on any atom is 0.357 e. The summed E-state index contributed by atoms with van der Waals surface area (Å²) >= 11 is 7.28. The van der Waals surface area contributed by atoms with Gasteiger partial charge in [-0.15, -0.1) is 11.8 Å². The molecule has 2 heterocycles. The second-order valence-electron chi connectivity index (χ2n) is 3.08. The van der Waals surface area contributed by atoms with Crippen molar-refractivity contribution in [3.63, 3.8) is 0 Å². The minimum absolute atomic E-state index is 0.0779. The van der Waals surface area contributed by atoms with E-state index in [0.29, 0.717) is 15.7 Å². The number of hydrogen-bond acceptors (Lipinski definition) is 3. The normalized spacial score (nSPS) is 10.9. The van der Waals surface area contributed by atoms with Crippen LogP contribution in [-0.2, 0) is 0 Å². The van der Waals surface area contributed by atoms with Crippen LogP contribution < -0.4 is 0 Å². The number of carbonyl (C=O) groups is 1. The minimum Gasteiger partial charge on any atom is -0.476 e. The van der Waals surface area contributed by atoms with E-state index in [2.05, 4.69) is 4.98 Å². The summed E-state index contributed by atoms with van der Waals surface area (Å²) in [5.41, 5.74) is 0.634. The summed E-state index contributed by atoms with van der Waals surface area (Å²) in [4.78, 5) is 15.1. The van der Waals surface area contributed by atoms with Gasteiger partial charge in [0.1, 0.15) is 10.7 Å². The Kier molecular flexibility index (Phi) is 3.07. The van der Waals surface area contributed by atoms with Crippen molar-refractivity contribution < 1.29 is 9.90 Å². The highest BCUT2D eigenvalue weighted by Crippen LogP contribution is 2.25. The standard InChI is InChI=1S/C10H9ClN2O2S/c1-2-16-9-8(10(14)15)12-7-5-6(11)3-4-13(7)9/h3-5H,2H2,1H3,(H,14,15). The molecule has 84 valence electrons. The fourth-order valence-corrected chi connectivity index (χ4v) is 2.40. The van der Waals surface area contributed by atoms with Gasteiger partial charge in [-0.25, -0.2) is 9.78 Å². The number of aromatic nitrogens is 2. The SMILES string of the molecule is CCSc1c(C(=O)O)nc2cc(Cl)ccn12. The summed E-state index contributed by atoms with van der Waals surface area (Å²) in [6, 6.07) is 3.36. The van der Waals surface area contributed by atoms with E-state index in [1.165, 1.54) is 11.8 Å². The summed E-state index contributed by atoms with van der Waals surface area (Å²) in [5.74, 6) is -0.229. The Balaban J connectivity index is 2.70. The largest absolute Gasteiger partial charge is 0.476 e. The fourth-order valence-electron chi connectivity index (χ4n) is 1.41. The lowest BCUT2D eigenvalue weighted by Gasteiger charge is -2.00. The molecular weight excluding hydrogens is 248 g/mol. The second-order valence-corrected chi connectivity index (χ2v) is 4.77. The monoisotopic (exact) mass is 256 g/mol. The predicted molar refractivity (Wildman–Crippen MR) is 63.6 cm³/mol. The molecule has 2 rings (SSSR count). The first kappa shape index (κ1) is 11.3. The molecule has 0 radical (unpaired) electrons. The summed E-state index contributed by atoms with van der Waals surface area (Å²) in [5, 5.41) is 10.2. The average molecular weight is 257 g/mol. The molecule has 6 heteroatoms. The maximum atomic E-state index is 11.0. The van der Waals surface area contributed by atoms with Crippen molar-refractivity contribution in [1.29, 1.82) is 0 Å². The fraction of sp³-hybridized carbons (Fsp3) is 0.200. The number of carboxylic acids is 1. The molecule has 0 spiro atoms. The smallest absolute Gasteiger partial charge is 0.357 e. The van der Waals surface area contributed by atoms with Crippen molar-refractivity contribution >= 4 is 35.0 Å². The molecular formula is C10H9ClN2O2S. The quantitative estimate of drug-likeness (QED) is 0.858. The molecule has 0 aliphatic heterocycles. The Morgan fingerprint density at radius 1 is 1.69 bits per heavy atom. The van der Waals surface area contributed by atoms with Crippen LogP contribution in [0.25, 0.3) is 5.65 Å². The van der Waals surface area contributed by atoms with E-state index in [1.807, 2.05) is 6.92 Å². The van der Waals surface area contributed by atoms with Crippen LogP contribution in [0.2, 0.25) is 5.02 Å². The van der Waals surface area contributed by atoms with Gasteiger partial charge < -0.3 is 5.11 Å². The molecule has 0 aliphatic rings. The highest BCUT2D eigenvalue weighted by Gasteiger charge is 2.17. The van der Waals surface area contributed by atoms with Gasteiger partial charge in [0, 0.05) is 17.3 Å². The molecule has 0 aliphatic carbocycles. The third-order valence-corrected chi connectivity index (χ3v) is 3.22. The molecule has 1 N–H and O–H groups in total. The van der Waals surface area contributed by atoms with Gasteiger partial charge in [-0.3, -0.25) is 4.40 Å². The molecule has 4 nitrogen and oxygen atoms in total. The molecule has 0 amide bonds. The van der Waals surface area contributed by atoms with Crippen molar-refractivity contribution in [2.45, 2.75) is 11.9 Å². The number of carboxylic acid groups (broad SMARTS) is 1. The Labute approximate surface area is 101 Å². The lowest BCUT2D eigenvalue weighted by Crippen LogP contribution is -1.99. The van der Waals surface area contributed by atoms with E-state index >= 15 is 0 Å². The van der Waals surface area contributed by atoms with Gasteiger partial charge in [-0.2, -0.15) is 0 Å².